The zero-order valence-electron chi connectivity index (χ0n) is 24.8. The van der Waals surface area contributed by atoms with E-state index >= 15 is 0 Å². The molecule has 1 aliphatic rings. The molecule has 0 aromatic heterocycles. The van der Waals surface area contributed by atoms with Crippen LogP contribution in [0.15, 0.2) is 42.5 Å². The third kappa shape index (κ3) is 8.45. The normalized spacial score (nSPS) is 14.7. The number of methoxy groups -OCH3 is 1. The molecular formula is C31H42N4O6. The fraction of sp³-hybridized carbons (Fsp3) is 0.484. The molecule has 1 aliphatic carbocycles. The predicted octanol–water partition coefficient (Wildman–Crippen LogP) is 4.53. The van der Waals surface area contributed by atoms with Crippen molar-refractivity contribution < 1.29 is 28.7 Å². The van der Waals surface area contributed by atoms with Gasteiger partial charge in [0, 0.05) is 18.2 Å². The topological polar surface area (TPSA) is 140 Å². The molecule has 1 saturated carbocycles. The first-order chi connectivity index (χ1) is 19.3. The number of anilines is 1. The highest BCUT2D eigenvalue weighted by Crippen LogP contribution is 2.37. The Morgan fingerprint density at radius 1 is 1.02 bits per heavy atom. The molecule has 0 saturated heterocycles. The van der Waals surface area contributed by atoms with Gasteiger partial charge in [-0.3, -0.25) is 14.4 Å². The Kier molecular flexibility index (Phi) is 10.4. The first-order valence-electron chi connectivity index (χ1n) is 13.9. The molecule has 2 aromatic carbocycles. The number of carbonyl (C=O) groups excluding carboxylic acids is 4. The number of benzene rings is 2. The number of primary amides is 1. The molecule has 4 amide bonds. The Bertz CT molecular complexity index is 1230. The second kappa shape index (κ2) is 13.5. The Hall–Kier alpha value is -4.08. The van der Waals surface area contributed by atoms with Gasteiger partial charge in [0.15, 0.2) is 0 Å². The fourth-order valence-electron chi connectivity index (χ4n) is 4.90. The summed E-state index contributed by atoms with van der Waals surface area (Å²) in [6.45, 7) is 8.96. The van der Waals surface area contributed by atoms with Gasteiger partial charge in [0.25, 0.3) is 5.91 Å². The Morgan fingerprint density at radius 2 is 1.63 bits per heavy atom. The van der Waals surface area contributed by atoms with Gasteiger partial charge in [0.1, 0.15) is 23.4 Å². The highest BCUT2D eigenvalue weighted by molar-refractivity contribution is 5.99. The number of ether oxygens (including phenoxy) is 2. The summed E-state index contributed by atoms with van der Waals surface area (Å²) in [5, 5.41) is 5.61. The summed E-state index contributed by atoms with van der Waals surface area (Å²) in [4.78, 5) is 54.6. The predicted molar refractivity (Wildman–Crippen MR) is 156 cm³/mol. The van der Waals surface area contributed by atoms with Gasteiger partial charge in [-0.05, 0) is 101 Å². The number of carbonyl (C=O) groups is 4. The molecule has 4 N–H and O–H groups in total. The van der Waals surface area contributed by atoms with Crippen LogP contribution in [0, 0.1) is 13.8 Å². The smallest absolute Gasteiger partial charge is 0.408 e. The van der Waals surface area contributed by atoms with Crippen molar-refractivity contribution in [2.45, 2.75) is 90.4 Å². The zero-order valence-corrected chi connectivity index (χ0v) is 24.8. The number of nitrogens with two attached hydrogens (primary N) is 1. The van der Waals surface area contributed by atoms with Gasteiger partial charge in [-0.1, -0.05) is 18.2 Å². The number of aryl methyl sites for hydroxylation is 2. The highest BCUT2D eigenvalue weighted by Gasteiger charge is 2.43. The van der Waals surface area contributed by atoms with Crippen molar-refractivity contribution in [1.82, 2.24) is 10.2 Å². The number of nitrogens with one attached hydrogen (secondary N) is 2. The minimum Gasteiger partial charge on any atom is -0.497 e. The van der Waals surface area contributed by atoms with Crippen molar-refractivity contribution in [1.29, 1.82) is 0 Å². The first-order valence-corrected chi connectivity index (χ1v) is 13.9. The maximum atomic E-state index is 14.4. The summed E-state index contributed by atoms with van der Waals surface area (Å²) < 4.78 is 10.6. The van der Waals surface area contributed by atoms with Crippen molar-refractivity contribution >= 4 is 29.5 Å². The summed E-state index contributed by atoms with van der Waals surface area (Å²) >= 11 is 0. The lowest BCUT2D eigenvalue weighted by Crippen LogP contribution is -2.57. The van der Waals surface area contributed by atoms with Crippen LogP contribution in [0.4, 0.5) is 10.5 Å². The van der Waals surface area contributed by atoms with E-state index in [2.05, 4.69) is 10.6 Å². The van der Waals surface area contributed by atoms with Gasteiger partial charge < -0.3 is 30.7 Å². The number of nitrogens with zero attached hydrogens (tertiary/aromatic N) is 1. The summed E-state index contributed by atoms with van der Waals surface area (Å²) in [5.41, 5.74) is 7.58. The highest BCUT2D eigenvalue weighted by atomic mass is 16.6. The van der Waals surface area contributed by atoms with Crippen LogP contribution in [0.3, 0.4) is 0 Å². The molecule has 1 fully saturated rings. The summed E-state index contributed by atoms with van der Waals surface area (Å²) in [6.07, 6.45) is 1.36. The Balaban J connectivity index is 2.06. The molecule has 0 bridgehead atoms. The Labute approximate surface area is 241 Å². The van der Waals surface area contributed by atoms with E-state index in [0.717, 1.165) is 17.5 Å². The summed E-state index contributed by atoms with van der Waals surface area (Å²) in [7, 11) is 1.56. The van der Waals surface area contributed by atoms with Crippen molar-refractivity contribution in [3.05, 3.63) is 59.2 Å². The van der Waals surface area contributed by atoms with Crippen molar-refractivity contribution in [2.24, 2.45) is 5.73 Å². The molecule has 0 spiro atoms. The van der Waals surface area contributed by atoms with Crippen LogP contribution in [0.1, 0.15) is 75.6 Å². The summed E-state index contributed by atoms with van der Waals surface area (Å²) in [5.74, 6) is -0.823. The molecule has 0 heterocycles. The molecule has 3 rings (SSSR count). The first kappa shape index (κ1) is 31.4. The van der Waals surface area contributed by atoms with E-state index in [1.54, 1.807) is 57.0 Å². The SMILES string of the molecule is COc1ccc(NC(=O)C(c2c(C)cccc2C)N(C(=O)C(CCC(N)=O)NC(=O)OC(C)(C)C)C2CCC2)cc1. The standard InChI is InChI=1S/C31H42N4O6/c1-19-9-7-10-20(2)26(19)27(28(37)33-21-13-15-23(40-6)16-14-21)35(22-11-8-12-22)29(38)24(17-18-25(32)36)34-30(39)41-31(3,4)5/h7,9-10,13-16,22,24,27H,8,11-12,17-18H2,1-6H3,(H2,32,36)(H,33,37)(H,34,39). The average Bonchev–Trinajstić information content (AvgIpc) is 2.85. The van der Waals surface area contributed by atoms with Gasteiger partial charge in [-0.2, -0.15) is 0 Å². The van der Waals surface area contributed by atoms with Crippen LogP contribution in [-0.2, 0) is 19.1 Å². The van der Waals surface area contributed by atoms with Gasteiger partial charge in [-0.25, -0.2) is 4.79 Å². The van der Waals surface area contributed by atoms with E-state index in [4.69, 9.17) is 15.2 Å². The lowest BCUT2D eigenvalue weighted by Gasteiger charge is -2.44. The molecule has 41 heavy (non-hydrogen) atoms. The molecule has 2 aromatic rings. The zero-order chi connectivity index (χ0) is 30.3. The quantitative estimate of drug-likeness (QED) is 0.365. The van der Waals surface area contributed by atoms with E-state index in [1.165, 1.54) is 0 Å². The minimum absolute atomic E-state index is 0.0315. The van der Waals surface area contributed by atoms with Crippen LogP contribution in [0.5, 0.6) is 5.75 Å². The van der Waals surface area contributed by atoms with E-state index in [-0.39, 0.29) is 18.9 Å². The Morgan fingerprint density at radius 3 is 2.12 bits per heavy atom. The number of rotatable bonds is 11. The second-order valence-corrected chi connectivity index (χ2v) is 11.5. The van der Waals surface area contributed by atoms with Crippen LogP contribution in [0.2, 0.25) is 0 Å². The lowest BCUT2D eigenvalue weighted by atomic mass is 9.86. The van der Waals surface area contributed by atoms with E-state index < -0.39 is 41.5 Å². The summed E-state index contributed by atoms with van der Waals surface area (Å²) in [6, 6.07) is 10.3. The van der Waals surface area contributed by atoms with E-state index in [0.29, 0.717) is 29.8 Å². The van der Waals surface area contributed by atoms with Gasteiger partial charge >= 0.3 is 6.09 Å². The second-order valence-electron chi connectivity index (χ2n) is 11.5. The third-order valence-corrected chi connectivity index (χ3v) is 7.09. The van der Waals surface area contributed by atoms with E-state index in [9.17, 15) is 19.2 Å². The maximum Gasteiger partial charge on any atom is 0.408 e. The molecule has 222 valence electrons. The maximum absolute atomic E-state index is 14.4. The molecule has 0 aliphatic heterocycles. The molecule has 10 heteroatoms. The van der Waals surface area contributed by atoms with Gasteiger partial charge in [-0.15, -0.1) is 0 Å². The minimum atomic E-state index is -1.13. The van der Waals surface area contributed by atoms with E-state index in [1.807, 2.05) is 32.0 Å². The molecule has 10 nitrogen and oxygen atoms in total. The number of amides is 4. The van der Waals surface area contributed by atoms with Crippen LogP contribution < -0.4 is 21.1 Å². The molecule has 2 atom stereocenters. The van der Waals surface area contributed by atoms with Crippen molar-refractivity contribution in [3.8, 4) is 5.75 Å². The fourth-order valence-corrected chi connectivity index (χ4v) is 4.90. The molecule has 0 radical (unpaired) electrons. The van der Waals surface area contributed by atoms with Crippen molar-refractivity contribution in [2.75, 3.05) is 12.4 Å². The monoisotopic (exact) mass is 566 g/mol. The third-order valence-electron chi connectivity index (χ3n) is 7.09. The number of hydrogen-bond donors (Lipinski definition) is 3. The van der Waals surface area contributed by atoms with Crippen LogP contribution >= 0.6 is 0 Å². The number of hydrogen-bond acceptors (Lipinski definition) is 6. The molecule has 2 unspecified atom stereocenters. The van der Waals surface area contributed by atoms with Gasteiger partial charge in [0.2, 0.25) is 11.8 Å². The van der Waals surface area contributed by atoms with Crippen LogP contribution in [-0.4, -0.2) is 53.5 Å². The molecular weight excluding hydrogens is 524 g/mol. The van der Waals surface area contributed by atoms with Crippen molar-refractivity contribution in [3.63, 3.8) is 0 Å². The average molecular weight is 567 g/mol. The largest absolute Gasteiger partial charge is 0.497 e. The van der Waals surface area contributed by atoms with Gasteiger partial charge in [0.05, 0.1) is 7.11 Å². The van der Waals surface area contributed by atoms with Crippen LogP contribution in [0.25, 0.3) is 0 Å². The number of alkyl carbamates (subject to hydrolysis) is 1. The lowest BCUT2D eigenvalue weighted by molar-refractivity contribution is -0.146.